The standard InChI is InChI=1S/C8H10.5C7H8.C6H4Cl2/c1-7-5-3-4-6-8(7)2;5*1-7-5-3-2-4-6-7;7-5-3-1-2-4-6(5)8/h3-6H,1-2H3;5*2-6H,1H3;1-4H. The molecule has 7 aromatic rings. The first-order valence-corrected chi connectivity index (χ1v) is 17.8. The van der Waals surface area contributed by atoms with Crippen LogP contribution in [0.2, 0.25) is 10.0 Å². The van der Waals surface area contributed by atoms with Gasteiger partial charge >= 0.3 is 0 Å². The highest BCUT2D eigenvalue weighted by molar-refractivity contribution is 6.41. The van der Waals surface area contributed by atoms with Crippen molar-refractivity contribution >= 4 is 23.2 Å². The molecule has 7 rings (SSSR count). The smallest absolute Gasteiger partial charge is 0.0592 e. The lowest BCUT2D eigenvalue weighted by Crippen LogP contribution is -1.74. The molecule has 0 fully saturated rings. The van der Waals surface area contributed by atoms with Gasteiger partial charge in [0.25, 0.3) is 0 Å². The lowest BCUT2D eigenvalue weighted by molar-refractivity contribution is 1.34. The van der Waals surface area contributed by atoms with Gasteiger partial charge in [-0.25, -0.2) is 0 Å². The van der Waals surface area contributed by atoms with E-state index in [2.05, 4.69) is 133 Å². The Balaban J connectivity index is 0.000000298. The van der Waals surface area contributed by atoms with Gasteiger partial charge in [-0.05, 0) is 71.7 Å². The highest BCUT2D eigenvalue weighted by atomic mass is 35.5. The molecule has 2 heteroatoms. The van der Waals surface area contributed by atoms with Crippen molar-refractivity contribution in [3.63, 3.8) is 0 Å². The minimum atomic E-state index is 0.606. The molecule has 0 nitrogen and oxygen atoms in total. The van der Waals surface area contributed by atoms with Gasteiger partial charge in [0.05, 0.1) is 10.0 Å². The van der Waals surface area contributed by atoms with Crippen LogP contribution in [0.15, 0.2) is 200 Å². The molecule has 0 N–H and O–H groups in total. The molecule has 0 spiro atoms. The van der Waals surface area contributed by atoms with Gasteiger partial charge in [-0.2, -0.15) is 0 Å². The van der Waals surface area contributed by atoms with Gasteiger partial charge < -0.3 is 0 Å². The fourth-order valence-electron chi connectivity index (χ4n) is 3.77. The van der Waals surface area contributed by atoms with Crippen LogP contribution in [0.3, 0.4) is 0 Å². The molecule has 0 saturated carbocycles. The first kappa shape index (κ1) is 44.1. The molecule has 7 aromatic carbocycles. The van der Waals surface area contributed by atoms with Gasteiger partial charge in [-0.3, -0.25) is 0 Å². The first-order valence-electron chi connectivity index (χ1n) is 17.1. The van der Waals surface area contributed by atoms with E-state index in [1.165, 1.54) is 38.9 Å². The second kappa shape index (κ2) is 28.9. The largest absolute Gasteiger partial charge is 0.0827 e. The molecule has 0 aromatic heterocycles. The van der Waals surface area contributed by atoms with Crippen molar-refractivity contribution in [2.45, 2.75) is 48.5 Å². The maximum Gasteiger partial charge on any atom is 0.0592 e. The topological polar surface area (TPSA) is 0 Å². The van der Waals surface area contributed by atoms with E-state index in [9.17, 15) is 0 Å². The molecule has 0 saturated heterocycles. The Morgan fingerprint density at radius 3 is 0.490 bits per heavy atom. The summed E-state index contributed by atoms with van der Waals surface area (Å²) in [6.45, 7) is 14.7. The Morgan fingerprint density at radius 1 is 0.216 bits per heavy atom. The molecule has 0 unspecified atom stereocenters. The van der Waals surface area contributed by atoms with E-state index < -0.39 is 0 Å². The van der Waals surface area contributed by atoms with Crippen molar-refractivity contribution in [2.24, 2.45) is 0 Å². The third-order valence-electron chi connectivity index (χ3n) is 6.95. The number of aryl methyl sites for hydroxylation is 7. The Bertz CT molecular complexity index is 1480. The minimum Gasteiger partial charge on any atom is -0.0827 e. The molecular formula is C49H54Cl2. The summed E-state index contributed by atoms with van der Waals surface area (Å²) in [5, 5.41) is 1.21. The maximum atomic E-state index is 5.58. The molecule has 0 aliphatic rings. The van der Waals surface area contributed by atoms with E-state index in [4.69, 9.17) is 23.2 Å². The predicted molar refractivity (Wildman–Crippen MR) is 228 cm³/mol. The molecule has 0 radical (unpaired) electrons. The fourth-order valence-corrected chi connectivity index (χ4v) is 4.05. The average Bonchev–Trinajstić information content (AvgIpc) is 3.14. The van der Waals surface area contributed by atoms with E-state index in [1.807, 2.05) is 103 Å². The summed E-state index contributed by atoms with van der Waals surface area (Å²) in [5.41, 5.74) is 9.34. The van der Waals surface area contributed by atoms with Crippen LogP contribution >= 0.6 is 23.2 Å². The van der Waals surface area contributed by atoms with Gasteiger partial charge in [0.2, 0.25) is 0 Å². The summed E-state index contributed by atoms with van der Waals surface area (Å²) < 4.78 is 0. The first-order chi connectivity index (χ1) is 24.6. The van der Waals surface area contributed by atoms with Gasteiger partial charge in [0.1, 0.15) is 0 Å². The summed E-state index contributed by atoms with van der Waals surface area (Å²) >= 11 is 11.2. The highest BCUT2D eigenvalue weighted by Crippen LogP contribution is 2.19. The van der Waals surface area contributed by atoms with Crippen LogP contribution in [0.25, 0.3) is 0 Å². The number of halogens is 2. The van der Waals surface area contributed by atoms with Crippen molar-refractivity contribution in [2.75, 3.05) is 0 Å². The van der Waals surface area contributed by atoms with Crippen molar-refractivity contribution in [1.29, 1.82) is 0 Å². The number of rotatable bonds is 0. The normalized spacial score (nSPS) is 8.88. The van der Waals surface area contributed by atoms with Crippen molar-refractivity contribution in [1.82, 2.24) is 0 Å². The van der Waals surface area contributed by atoms with E-state index >= 15 is 0 Å². The monoisotopic (exact) mass is 712 g/mol. The summed E-state index contributed by atoms with van der Waals surface area (Å²) in [6.07, 6.45) is 0. The van der Waals surface area contributed by atoms with Crippen molar-refractivity contribution in [3.05, 3.63) is 249 Å². The van der Waals surface area contributed by atoms with Crippen molar-refractivity contribution in [3.8, 4) is 0 Å². The van der Waals surface area contributed by atoms with Crippen LogP contribution in [0.4, 0.5) is 0 Å². The molecule has 0 aliphatic heterocycles. The lowest BCUT2D eigenvalue weighted by Gasteiger charge is -1.93. The van der Waals surface area contributed by atoms with Crippen LogP contribution in [0.5, 0.6) is 0 Å². The van der Waals surface area contributed by atoms with E-state index in [-0.39, 0.29) is 0 Å². The van der Waals surface area contributed by atoms with Gasteiger partial charge in [0.15, 0.2) is 0 Å². The summed E-state index contributed by atoms with van der Waals surface area (Å²) in [4.78, 5) is 0. The van der Waals surface area contributed by atoms with Gasteiger partial charge in [-0.1, -0.05) is 239 Å². The minimum absolute atomic E-state index is 0.606. The molecule has 0 amide bonds. The second-order valence-electron chi connectivity index (χ2n) is 11.8. The zero-order valence-corrected chi connectivity index (χ0v) is 32.8. The zero-order chi connectivity index (χ0) is 37.5. The molecule has 51 heavy (non-hydrogen) atoms. The van der Waals surface area contributed by atoms with Crippen molar-refractivity contribution < 1.29 is 0 Å². The summed E-state index contributed by atoms with van der Waals surface area (Å²) in [7, 11) is 0. The molecule has 0 heterocycles. The molecule has 0 aliphatic carbocycles. The second-order valence-corrected chi connectivity index (χ2v) is 12.6. The van der Waals surface area contributed by atoms with Crippen LogP contribution in [-0.2, 0) is 0 Å². The fraction of sp³-hybridized carbons (Fsp3) is 0.143. The van der Waals surface area contributed by atoms with Gasteiger partial charge in [-0.15, -0.1) is 0 Å². The quantitative estimate of drug-likeness (QED) is 0.147. The highest BCUT2D eigenvalue weighted by Gasteiger charge is 1.89. The Kier molecular flexibility index (Phi) is 25.0. The molecule has 0 bridgehead atoms. The Labute approximate surface area is 319 Å². The summed E-state index contributed by atoms with van der Waals surface area (Å²) in [6, 6.07) is 66.9. The van der Waals surface area contributed by atoms with E-state index in [0.717, 1.165) is 0 Å². The number of benzene rings is 7. The Morgan fingerprint density at radius 2 is 0.373 bits per heavy atom. The third kappa shape index (κ3) is 25.7. The Hall–Kier alpha value is -4.88. The molecule has 0 atom stereocenters. The average molecular weight is 714 g/mol. The van der Waals surface area contributed by atoms with Crippen LogP contribution in [0, 0.1) is 48.5 Å². The SMILES string of the molecule is Cc1ccccc1.Cc1ccccc1.Cc1ccccc1.Cc1ccccc1.Cc1ccccc1.Cc1ccccc1C.Clc1ccccc1Cl. The van der Waals surface area contributed by atoms with Crippen LogP contribution < -0.4 is 0 Å². The number of hydrogen-bond donors (Lipinski definition) is 0. The van der Waals surface area contributed by atoms with Gasteiger partial charge in [0, 0.05) is 0 Å². The molecular weight excluding hydrogens is 659 g/mol. The number of hydrogen-bond acceptors (Lipinski definition) is 0. The summed E-state index contributed by atoms with van der Waals surface area (Å²) in [5.74, 6) is 0. The third-order valence-corrected chi connectivity index (χ3v) is 7.71. The lowest BCUT2D eigenvalue weighted by atomic mass is 10.1. The van der Waals surface area contributed by atoms with E-state index in [1.54, 1.807) is 12.1 Å². The van der Waals surface area contributed by atoms with E-state index in [0.29, 0.717) is 10.0 Å². The van der Waals surface area contributed by atoms with Crippen LogP contribution in [0.1, 0.15) is 38.9 Å². The van der Waals surface area contributed by atoms with Crippen LogP contribution in [-0.4, -0.2) is 0 Å². The molecule has 264 valence electrons. The zero-order valence-electron chi connectivity index (χ0n) is 31.3. The predicted octanol–water partition coefficient (Wildman–Crippen LogP) is 15.3. The maximum absolute atomic E-state index is 5.58.